The van der Waals surface area contributed by atoms with Gasteiger partial charge in [-0.25, -0.2) is 13.1 Å². The molecule has 2 rings (SSSR count). The standard InChI is InChI=1S/C16H18N2O4S2/c1-13(11-23-12-14-5-3-2-4-6-14)17-24(21,22)16-9-7-15(8-10-16)18(19)20/h2-10,13,17H,11-12H2,1H3/t13-/m1/s1. The van der Waals surface area contributed by atoms with Crippen LogP contribution < -0.4 is 4.72 Å². The number of hydrogen-bond donors (Lipinski definition) is 1. The second-order valence-corrected chi connectivity index (χ2v) is 8.02. The molecule has 6 nitrogen and oxygen atoms in total. The van der Waals surface area contributed by atoms with Crippen LogP contribution in [0.15, 0.2) is 59.5 Å². The lowest BCUT2D eigenvalue weighted by atomic mass is 10.2. The van der Waals surface area contributed by atoms with Gasteiger partial charge in [0.25, 0.3) is 5.69 Å². The van der Waals surface area contributed by atoms with Crippen molar-refractivity contribution in [3.05, 3.63) is 70.3 Å². The first-order chi connectivity index (χ1) is 11.4. The molecule has 0 saturated carbocycles. The van der Waals surface area contributed by atoms with Crippen molar-refractivity contribution in [2.45, 2.75) is 23.6 Å². The highest BCUT2D eigenvalue weighted by Gasteiger charge is 2.18. The van der Waals surface area contributed by atoms with Crippen LogP contribution in [0.4, 0.5) is 5.69 Å². The molecule has 0 radical (unpaired) electrons. The largest absolute Gasteiger partial charge is 0.269 e. The lowest BCUT2D eigenvalue weighted by Gasteiger charge is -2.14. The molecule has 2 aromatic rings. The number of nitro groups is 1. The van der Waals surface area contributed by atoms with Crippen molar-refractivity contribution in [1.29, 1.82) is 0 Å². The van der Waals surface area contributed by atoms with Crippen molar-refractivity contribution in [2.24, 2.45) is 0 Å². The van der Waals surface area contributed by atoms with Gasteiger partial charge in [-0.2, -0.15) is 11.8 Å². The van der Waals surface area contributed by atoms with Gasteiger partial charge < -0.3 is 0 Å². The van der Waals surface area contributed by atoms with Crippen LogP contribution >= 0.6 is 11.8 Å². The summed E-state index contributed by atoms with van der Waals surface area (Å²) in [4.78, 5) is 10.1. The van der Waals surface area contributed by atoms with E-state index in [-0.39, 0.29) is 16.6 Å². The first-order valence-corrected chi connectivity index (χ1v) is 9.91. The fourth-order valence-electron chi connectivity index (χ4n) is 2.04. The van der Waals surface area contributed by atoms with E-state index in [9.17, 15) is 18.5 Å². The van der Waals surface area contributed by atoms with E-state index in [2.05, 4.69) is 4.72 Å². The molecule has 0 aliphatic heterocycles. The van der Waals surface area contributed by atoms with Gasteiger partial charge in [-0.3, -0.25) is 10.1 Å². The smallest absolute Gasteiger partial charge is 0.258 e. The van der Waals surface area contributed by atoms with Gasteiger partial charge in [0, 0.05) is 29.7 Å². The number of nitro benzene ring substituents is 1. The summed E-state index contributed by atoms with van der Waals surface area (Å²) in [5, 5.41) is 10.6. The zero-order valence-electron chi connectivity index (χ0n) is 13.1. The van der Waals surface area contributed by atoms with Gasteiger partial charge >= 0.3 is 0 Å². The van der Waals surface area contributed by atoms with Crippen molar-refractivity contribution in [1.82, 2.24) is 4.72 Å². The van der Waals surface area contributed by atoms with E-state index in [4.69, 9.17) is 0 Å². The Morgan fingerprint density at radius 2 is 1.75 bits per heavy atom. The number of sulfonamides is 1. The highest BCUT2D eigenvalue weighted by molar-refractivity contribution is 7.98. The molecule has 1 atom stereocenters. The Labute approximate surface area is 145 Å². The molecule has 0 amide bonds. The number of nitrogens with one attached hydrogen (secondary N) is 1. The van der Waals surface area contributed by atoms with E-state index < -0.39 is 14.9 Å². The monoisotopic (exact) mass is 366 g/mol. The molecule has 0 unspecified atom stereocenters. The molecule has 8 heteroatoms. The van der Waals surface area contributed by atoms with Crippen LogP contribution in [-0.2, 0) is 15.8 Å². The van der Waals surface area contributed by atoms with Crippen molar-refractivity contribution in [2.75, 3.05) is 5.75 Å². The van der Waals surface area contributed by atoms with Crippen LogP contribution in [-0.4, -0.2) is 25.1 Å². The topological polar surface area (TPSA) is 89.3 Å². The van der Waals surface area contributed by atoms with Gasteiger partial charge in [0.1, 0.15) is 0 Å². The fourth-order valence-corrected chi connectivity index (χ4v) is 4.37. The molecule has 128 valence electrons. The Morgan fingerprint density at radius 1 is 1.12 bits per heavy atom. The third kappa shape index (κ3) is 5.33. The van der Waals surface area contributed by atoms with Crippen molar-refractivity contribution < 1.29 is 13.3 Å². The van der Waals surface area contributed by atoms with Gasteiger partial charge in [-0.1, -0.05) is 30.3 Å². The Morgan fingerprint density at radius 3 is 2.33 bits per heavy atom. The lowest BCUT2D eigenvalue weighted by molar-refractivity contribution is -0.384. The summed E-state index contributed by atoms with van der Waals surface area (Å²) in [6.07, 6.45) is 0. The molecule has 0 saturated heterocycles. The Bertz CT molecular complexity index is 777. The SMILES string of the molecule is C[C@H](CSCc1ccccc1)NS(=O)(=O)c1ccc([N+](=O)[O-])cc1. The predicted octanol–water partition coefficient (Wildman–Crippen LogP) is 3.20. The number of non-ortho nitro benzene ring substituents is 1. The third-order valence-electron chi connectivity index (χ3n) is 3.19. The average Bonchev–Trinajstić information content (AvgIpc) is 2.55. The normalized spacial score (nSPS) is 12.7. The highest BCUT2D eigenvalue weighted by atomic mass is 32.2. The maximum atomic E-state index is 12.3. The Balaban J connectivity index is 1.89. The van der Waals surface area contributed by atoms with E-state index in [1.807, 2.05) is 30.3 Å². The van der Waals surface area contributed by atoms with Crippen LogP contribution in [0.3, 0.4) is 0 Å². The second-order valence-electron chi connectivity index (χ2n) is 5.27. The van der Waals surface area contributed by atoms with Crippen molar-refractivity contribution >= 4 is 27.5 Å². The molecule has 0 aliphatic carbocycles. The molecule has 0 bridgehead atoms. The zero-order chi connectivity index (χ0) is 17.6. The van der Waals surface area contributed by atoms with E-state index in [0.29, 0.717) is 5.75 Å². The number of hydrogen-bond acceptors (Lipinski definition) is 5. The van der Waals surface area contributed by atoms with Gasteiger partial charge in [-0.15, -0.1) is 0 Å². The van der Waals surface area contributed by atoms with Crippen molar-refractivity contribution in [3.63, 3.8) is 0 Å². The number of benzene rings is 2. The second kappa shape index (κ2) is 8.27. The maximum absolute atomic E-state index is 12.3. The van der Waals surface area contributed by atoms with Crippen LogP contribution in [0.25, 0.3) is 0 Å². The summed E-state index contributed by atoms with van der Waals surface area (Å²) >= 11 is 1.64. The fraction of sp³-hybridized carbons (Fsp3) is 0.250. The molecule has 0 heterocycles. The molecule has 0 aliphatic rings. The molecule has 2 aromatic carbocycles. The van der Waals surface area contributed by atoms with Crippen LogP contribution in [0.5, 0.6) is 0 Å². The molecule has 0 spiro atoms. The summed E-state index contributed by atoms with van der Waals surface area (Å²) in [5.74, 6) is 1.44. The van der Waals surface area contributed by atoms with E-state index in [0.717, 1.165) is 5.75 Å². The quantitative estimate of drug-likeness (QED) is 0.572. The summed E-state index contributed by atoms with van der Waals surface area (Å²) in [5.41, 5.74) is 1.05. The molecule has 0 fully saturated rings. The Kier molecular flexibility index (Phi) is 6.36. The first kappa shape index (κ1) is 18.4. The maximum Gasteiger partial charge on any atom is 0.269 e. The number of rotatable bonds is 8. The molecule has 24 heavy (non-hydrogen) atoms. The van der Waals surface area contributed by atoms with Gasteiger partial charge in [0.15, 0.2) is 0 Å². The summed E-state index contributed by atoms with van der Waals surface area (Å²) in [6, 6.07) is 14.5. The number of thioether (sulfide) groups is 1. The van der Waals surface area contributed by atoms with Gasteiger partial charge in [0.05, 0.1) is 9.82 Å². The highest BCUT2D eigenvalue weighted by Crippen LogP contribution is 2.17. The van der Waals surface area contributed by atoms with Gasteiger partial charge in [0.2, 0.25) is 10.0 Å². The van der Waals surface area contributed by atoms with Crippen LogP contribution in [0.1, 0.15) is 12.5 Å². The predicted molar refractivity (Wildman–Crippen MR) is 95.5 cm³/mol. The molecular weight excluding hydrogens is 348 g/mol. The van der Waals surface area contributed by atoms with Gasteiger partial charge in [-0.05, 0) is 24.6 Å². The van der Waals surface area contributed by atoms with Crippen LogP contribution in [0, 0.1) is 10.1 Å². The average molecular weight is 366 g/mol. The minimum Gasteiger partial charge on any atom is -0.258 e. The lowest BCUT2D eigenvalue weighted by Crippen LogP contribution is -2.34. The molecule has 1 N–H and O–H groups in total. The van der Waals surface area contributed by atoms with E-state index in [1.54, 1.807) is 18.7 Å². The van der Waals surface area contributed by atoms with E-state index in [1.165, 1.54) is 29.8 Å². The van der Waals surface area contributed by atoms with Crippen LogP contribution in [0.2, 0.25) is 0 Å². The summed E-state index contributed by atoms with van der Waals surface area (Å²) < 4.78 is 27.1. The summed E-state index contributed by atoms with van der Waals surface area (Å²) in [7, 11) is -3.68. The molecule has 0 aromatic heterocycles. The minimum absolute atomic E-state index is 0.0213. The van der Waals surface area contributed by atoms with Crippen molar-refractivity contribution in [3.8, 4) is 0 Å². The first-order valence-electron chi connectivity index (χ1n) is 7.27. The third-order valence-corrected chi connectivity index (χ3v) is 6.07. The minimum atomic E-state index is -3.68. The summed E-state index contributed by atoms with van der Waals surface area (Å²) in [6.45, 7) is 1.79. The molecular formula is C16H18N2O4S2. The van der Waals surface area contributed by atoms with E-state index >= 15 is 0 Å². The number of nitrogens with zero attached hydrogens (tertiary/aromatic N) is 1. The zero-order valence-corrected chi connectivity index (χ0v) is 14.7. The Hall–Kier alpha value is -1.90.